The van der Waals surface area contributed by atoms with Crippen molar-refractivity contribution in [1.29, 1.82) is 0 Å². The topological polar surface area (TPSA) is 48.9 Å². The highest BCUT2D eigenvalue weighted by atomic mass is 127. The molecule has 1 aromatic rings. The van der Waals surface area contributed by atoms with Gasteiger partial charge in [-0.2, -0.15) is 0 Å². The second-order valence-corrected chi connectivity index (χ2v) is 7.74. The van der Waals surface area contributed by atoms with E-state index in [0.717, 1.165) is 38.6 Å². The number of hydrogen-bond acceptors (Lipinski definition) is 3. The van der Waals surface area contributed by atoms with Crippen LogP contribution in [-0.4, -0.2) is 52.3 Å². The van der Waals surface area contributed by atoms with E-state index in [2.05, 4.69) is 58.9 Å². The molecule has 0 unspecified atom stereocenters. The smallest absolute Gasteiger partial charge is 0.191 e. The van der Waals surface area contributed by atoms with Gasteiger partial charge >= 0.3 is 0 Å². The molecule has 0 amide bonds. The SMILES string of the molecule is CN=C(NCc1ccccc1CN(C)C)NCC1(CCOC)CCCC1.I. The van der Waals surface area contributed by atoms with Crippen LogP contribution in [0, 0.1) is 5.41 Å². The Hall–Kier alpha value is -0.860. The van der Waals surface area contributed by atoms with E-state index < -0.39 is 0 Å². The van der Waals surface area contributed by atoms with Gasteiger partial charge in [-0.1, -0.05) is 37.1 Å². The lowest BCUT2D eigenvalue weighted by atomic mass is 9.83. The highest BCUT2D eigenvalue weighted by molar-refractivity contribution is 14.0. The molecule has 0 saturated heterocycles. The summed E-state index contributed by atoms with van der Waals surface area (Å²) in [5.74, 6) is 0.883. The van der Waals surface area contributed by atoms with Gasteiger partial charge < -0.3 is 20.3 Å². The summed E-state index contributed by atoms with van der Waals surface area (Å²) in [6, 6.07) is 8.60. The summed E-state index contributed by atoms with van der Waals surface area (Å²) in [6.45, 7) is 3.54. The zero-order valence-electron chi connectivity index (χ0n) is 17.4. The zero-order valence-corrected chi connectivity index (χ0v) is 19.7. The molecule has 0 aromatic heterocycles. The van der Waals surface area contributed by atoms with E-state index in [1.807, 2.05) is 7.05 Å². The fourth-order valence-electron chi connectivity index (χ4n) is 3.85. The monoisotopic (exact) mass is 488 g/mol. The van der Waals surface area contributed by atoms with Crippen molar-refractivity contribution < 1.29 is 4.74 Å². The maximum atomic E-state index is 5.33. The molecule has 0 spiro atoms. The minimum atomic E-state index is 0. The zero-order chi connectivity index (χ0) is 18.8. The first-order valence-electron chi connectivity index (χ1n) is 9.73. The number of aliphatic imine (C=N–C) groups is 1. The summed E-state index contributed by atoms with van der Waals surface area (Å²) < 4.78 is 5.33. The molecule has 2 N–H and O–H groups in total. The van der Waals surface area contributed by atoms with Crippen LogP contribution in [0.3, 0.4) is 0 Å². The molecule has 0 bridgehead atoms. The molecule has 1 aliphatic rings. The molecule has 2 rings (SSSR count). The van der Waals surface area contributed by atoms with Crippen LogP contribution in [0.15, 0.2) is 29.3 Å². The first kappa shape index (κ1) is 24.2. The molecule has 6 heteroatoms. The van der Waals surface area contributed by atoms with Crippen LogP contribution in [0.4, 0.5) is 0 Å². The van der Waals surface area contributed by atoms with E-state index in [0.29, 0.717) is 5.41 Å². The molecule has 0 atom stereocenters. The number of hydrogen-bond donors (Lipinski definition) is 2. The normalized spacial score (nSPS) is 16.3. The Bertz CT molecular complexity index is 571. The molecule has 1 aliphatic carbocycles. The molecular formula is C21H37IN4O. The van der Waals surface area contributed by atoms with Gasteiger partial charge in [-0.25, -0.2) is 0 Å². The number of nitrogens with one attached hydrogen (secondary N) is 2. The Morgan fingerprint density at radius 1 is 1.15 bits per heavy atom. The van der Waals surface area contributed by atoms with Crippen molar-refractivity contribution >= 4 is 29.9 Å². The first-order valence-corrected chi connectivity index (χ1v) is 9.73. The van der Waals surface area contributed by atoms with Crippen molar-refractivity contribution in [1.82, 2.24) is 15.5 Å². The number of halogens is 1. The largest absolute Gasteiger partial charge is 0.385 e. The summed E-state index contributed by atoms with van der Waals surface area (Å²) in [7, 11) is 7.84. The average Bonchev–Trinajstić information content (AvgIpc) is 3.10. The standard InChI is InChI=1S/C21H36N4O.HI/c1-22-20(24-17-21(13-14-26-4)11-7-8-12-21)23-15-18-9-5-6-10-19(18)16-25(2)3;/h5-6,9-10H,7-8,11-17H2,1-4H3,(H2,22,23,24);1H. The van der Waals surface area contributed by atoms with Crippen LogP contribution in [0.25, 0.3) is 0 Å². The fraction of sp³-hybridized carbons (Fsp3) is 0.667. The molecule has 27 heavy (non-hydrogen) atoms. The van der Waals surface area contributed by atoms with Crippen molar-refractivity contribution in [3.63, 3.8) is 0 Å². The number of nitrogens with zero attached hydrogens (tertiary/aromatic N) is 2. The maximum absolute atomic E-state index is 5.33. The highest BCUT2D eigenvalue weighted by Gasteiger charge is 2.33. The molecule has 0 radical (unpaired) electrons. The summed E-state index contributed by atoms with van der Waals surface area (Å²) in [5, 5.41) is 7.05. The molecular weight excluding hydrogens is 451 g/mol. The van der Waals surface area contributed by atoms with Crippen molar-refractivity contribution in [2.75, 3.05) is 41.4 Å². The second kappa shape index (κ2) is 12.6. The van der Waals surface area contributed by atoms with Gasteiger partial charge in [-0.05, 0) is 49.9 Å². The van der Waals surface area contributed by atoms with Crippen molar-refractivity contribution in [2.24, 2.45) is 10.4 Å². The summed E-state index contributed by atoms with van der Waals surface area (Å²) >= 11 is 0. The van der Waals surface area contributed by atoms with Gasteiger partial charge in [0.2, 0.25) is 0 Å². The predicted molar refractivity (Wildman–Crippen MR) is 125 cm³/mol. The van der Waals surface area contributed by atoms with Crippen molar-refractivity contribution in [3.8, 4) is 0 Å². The minimum Gasteiger partial charge on any atom is -0.385 e. The Kier molecular flexibility index (Phi) is 11.3. The molecule has 0 heterocycles. The van der Waals surface area contributed by atoms with Gasteiger partial charge in [0.1, 0.15) is 0 Å². The Labute approximate surface area is 182 Å². The highest BCUT2D eigenvalue weighted by Crippen LogP contribution is 2.40. The quantitative estimate of drug-likeness (QED) is 0.317. The number of rotatable bonds is 9. The average molecular weight is 488 g/mol. The van der Waals surface area contributed by atoms with Gasteiger partial charge in [0, 0.05) is 40.4 Å². The predicted octanol–water partition coefficient (Wildman–Crippen LogP) is 3.63. The summed E-state index contributed by atoms with van der Waals surface area (Å²) in [6.07, 6.45) is 6.35. The molecule has 1 fully saturated rings. The van der Waals surface area contributed by atoms with Crippen LogP contribution in [0.2, 0.25) is 0 Å². The molecule has 1 aromatic carbocycles. The fourth-order valence-corrected chi connectivity index (χ4v) is 3.85. The number of methoxy groups -OCH3 is 1. The third-order valence-corrected chi connectivity index (χ3v) is 5.41. The van der Waals surface area contributed by atoms with Gasteiger partial charge in [0.25, 0.3) is 0 Å². The minimum absolute atomic E-state index is 0. The van der Waals surface area contributed by atoms with Crippen LogP contribution >= 0.6 is 24.0 Å². The molecule has 1 saturated carbocycles. The Balaban J connectivity index is 0.00000364. The van der Waals surface area contributed by atoms with Crippen LogP contribution in [0.5, 0.6) is 0 Å². The van der Waals surface area contributed by atoms with Gasteiger partial charge in [0.05, 0.1) is 0 Å². The van der Waals surface area contributed by atoms with E-state index in [1.165, 1.54) is 36.8 Å². The Morgan fingerprint density at radius 2 is 1.81 bits per heavy atom. The lowest BCUT2D eigenvalue weighted by Crippen LogP contribution is -2.43. The van der Waals surface area contributed by atoms with E-state index >= 15 is 0 Å². The maximum Gasteiger partial charge on any atom is 0.191 e. The lowest BCUT2D eigenvalue weighted by molar-refractivity contribution is 0.138. The van der Waals surface area contributed by atoms with Crippen LogP contribution in [0.1, 0.15) is 43.2 Å². The molecule has 0 aliphatic heterocycles. The van der Waals surface area contributed by atoms with Gasteiger partial charge in [-0.15, -0.1) is 24.0 Å². The first-order chi connectivity index (χ1) is 12.6. The van der Waals surface area contributed by atoms with E-state index in [4.69, 9.17) is 4.74 Å². The van der Waals surface area contributed by atoms with E-state index in [9.17, 15) is 0 Å². The number of guanidine groups is 1. The summed E-state index contributed by atoms with van der Waals surface area (Å²) in [4.78, 5) is 6.62. The van der Waals surface area contributed by atoms with E-state index in [1.54, 1.807) is 7.11 Å². The summed E-state index contributed by atoms with van der Waals surface area (Å²) in [5.41, 5.74) is 3.03. The lowest BCUT2D eigenvalue weighted by Gasteiger charge is -2.30. The van der Waals surface area contributed by atoms with Gasteiger partial charge in [0.15, 0.2) is 5.96 Å². The van der Waals surface area contributed by atoms with Gasteiger partial charge in [-0.3, -0.25) is 4.99 Å². The van der Waals surface area contributed by atoms with Crippen molar-refractivity contribution in [2.45, 2.75) is 45.2 Å². The third kappa shape index (κ3) is 7.95. The second-order valence-electron chi connectivity index (χ2n) is 7.74. The van der Waals surface area contributed by atoms with Crippen LogP contribution in [-0.2, 0) is 17.8 Å². The Morgan fingerprint density at radius 3 is 2.41 bits per heavy atom. The molecule has 154 valence electrons. The number of benzene rings is 1. The van der Waals surface area contributed by atoms with Crippen LogP contribution < -0.4 is 10.6 Å². The van der Waals surface area contributed by atoms with E-state index in [-0.39, 0.29) is 24.0 Å². The number of ether oxygens (including phenoxy) is 1. The van der Waals surface area contributed by atoms with Crippen molar-refractivity contribution in [3.05, 3.63) is 35.4 Å². The molecule has 5 nitrogen and oxygen atoms in total. The third-order valence-electron chi connectivity index (χ3n) is 5.41.